The normalized spacial score (nSPS) is 23.1. The van der Waals surface area contributed by atoms with E-state index >= 15 is 0 Å². The monoisotopic (exact) mass is 285 g/mol. The van der Waals surface area contributed by atoms with Gasteiger partial charge >= 0.3 is 6.03 Å². The molecule has 3 unspecified atom stereocenters. The zero-order valence-electron chi connectivity index (χ0n) is 13.2. The van der Waals surface area contributed by atoms with Gasteiger partial charge in [-0.15, -0.1) is 0 Å². The second kappa shape index (κ2) is 9.19. The average Bonchev–Trinajstić information content (AvgIpc) is 2.36. The third-order valence-corrected chi connectivity index (χ3v) is 3.81. The van der Waals surface area contributed by atoms with Gasteiger partial charge in [0.1, 0.15) is 0 Å². The Morgan fingerprint density at radius 3 is 2.80 bits per heavy atom. The van der Waals surface area contributed by atoms with E-state index in [1.165, 1.54) is 12.8 Å². The summed E-state index contributed by atoms with van der Waals surface area (Å²) in [4.78, 5) is 14.1. The Hall–Kier alpha value is -0.810. The summed E-state index contributed by atoms with van der Waals surface area (Å²) >= 11 is 0. The van der Waals surface area contributed by atoms with Gasteiger partial charge in [0.2, 0.25) is 0 Å². The first kappa shape index (κ1) is 17.2. The minimum absolute atomic E-state index is 0.104. The van der Waals surface area contributed by atoms with Crippen molar-refractivity contribution in [2.24, 2.45) is 11.8 Å². The number of aliphatic hydroxyl groups excluding tert-OH is 1. The maximum atomic E-state index is 11.6. The Kier molecular flexibility index (Phi) is 7.92. The van der Waals surface area contributed by atoms with Gasteiger partial charge in [0.05, 0.1) is 6.10 Å². The summed E-state index contributed by atoms with van der Waals surface area (Å²) in [5.41, 5.74) is 0. The van der Waals surface area contributed by atoms with E-state index in [-0.39, 0.29) is 12.1 Å². The lowest BCUT2D eigenvalue weighted by atomic mass is 10.0. The topological polar surface area (TPSA) is 64.6 Å². The maximum Gasteiger partial charge on any atom is 0.314 e. The molecular weight excluding hydrogens is 254 g/mol. The highest BCUT2D eigenvalue weighted by Gasteiger charge is 2.15. The van der Waals surface area contributed by atoms with Crippen LogP contribution in [0.2, 0.25) is 0 Å². The summed E-state index contributed by atoms with van der Waals surface area (Å²) in [5.74, 6) is 1.07. The van der Waals surface area contributed by atoms with Gasteiger partial charge in [0, 0.05) is 26.2 Å². The predicted molar refractivity (Wildman–Crippen MR) is 81.7 cm³/mol. The van der Waals surface area contributed by atoms with Crippen LogP contribution >= 0.6 is 0 Å². The molecular formula is C15H31N3O2. The van der Waals surface area contributed by atoms with E-state index in [2.05, 4.69) is 22.5 Å². The summed E-state index contributed by atoms with van der Waals surface area (Å²) in [6.45, 7) is 10.6. The van der Waals surface area contributed by atoms with E-state index in [0.717, 1.165) is 25.6 Å². The van der Waals surface area contributed by atoms with Crippen molar-refractivity contribution >= 4 is 6.03 Å². The second-order valence-corrected chi connectivity index (χ2v) is 6.37. The van der Waals surface area contributed by atoms with Gasteiger partial charge in [-0.05, 0) is 44.6 Å². The number of hydrogen-bond donors (Lipinski definition) is 3. The van der Waals surface area contributed by atoms with Crippen LogP contribution in [0.1, 0.15) is 40.0 Å². The largest absolute Gasteiger partial charge is 0.393 e. The van der Waals surface area contributed by atoms with Crippen LogP contribution in [0.15, 0.2) is 0 Å². The lowest BCUT2D eigenvalue weighted by Crippen LogP contribution is -2.43. The molecule has 0 aromatic carbocycles. The lowest BCUT2D eigenvalue weighted by Gasteiger charge is -2.30. The van der Waals surface area contributed by atoms with E-state index in [4.69, 9.17) is 0 Å². The summed E-state index contributed by atoms with van der Waals surface area (Å²) < 4.78 is 0. The Morgan fingerprint density at radius 1 is 1.40 bits per heavy atom. The highest BCUT2D eigenvalue weighted by Crippen LogP contribution is 2.14. The third kappa shape index (κ3) is 7.70. The number of aliphatic hydroxyl groups is 1. The van der Waals surface area contributed by atoms with E-state index < -0.39 is 0 Å². The van der Waals surface area contributed by atoms with Crippen molar-refractivity contribution < 1.29 is 9.90 Å². The second-order valence-electron chi connectivity index (χ2n) is 6.37. The van der Waals surface area contributed by atoms with Gasteiger partial charge in [-0.3, -0.25) is 0 Å². The summed E-state index contributed by atoms with van der Waals surface area (Å²) in [7, 11) is 0. The molecule has 1 aliphatic heterocycles. The van der Waals surface area contributed by atoms with E-state index in [1.807, 2.05) is 6.92 Å². The lowest BCUT2D eigenvalue weighted by molar-refractivity contribution is 0.163. The molecule has 0 radical (unpaired) electrons. The van der Waals surface area contributed by atoms with Crippen LogP contribution in [0.3, 0.4) is 0 Å². The molecule has 0 aromatic rings. The van der Waals surface area contributed by atoms with Crippen LogP contribution in [0.5, 0.6) is 0 Å². The number of carbonyl (C=O) groups is 1. The fraction of sp³-hybridized carbons (Fsp3) is 0.933. The number of urea groups is 1. The first-order valence-electron chi connectivity index (χ1n) is 7.89. The van der Waals surface area contributed by atoms with Crippen LogP contribution in [-0.2, 0) is 0 Å². The van der Waals surface area contributed by atoms with Crippen molar-refractivity contribution in [3.05, 3.63) is 0 Å². The molecule has 3 atom stereocenters. The number of hydrogen-bond acceptors (Lipinski definition) is 3. The van der Waals surface area contributed by atoms with Gasteiger partial charge in [-0.2, -0.15) is 0 Å². The fourth-order valence-electron chi connectivity index (χ4n) is 2.81. The van der Waals surface area contributed by atoms with Gasteiger partial charge in [-0.25, -0.2) is 4.79 Å². The molecule has 118 valence electrons. The molecule has 0 spiro atoms. The SMILES string of the molecule is CC(O)CC(C)CNC(=O)NCCN1CCCC(C)C1. The molecule has 0 saturated carbocycles. The molecule has 0 bridgehead atoms. The van der Waals surface area contributed by atoms with Gasteiger partial charge in [-0.1, -0.05) is 13.8 Å². The van der Waals surface area contributed by atoms with Crippen molar-refractivity contribution in [1.29, 1.82) is 0 Å². The van der Waals surface area contributed by atoms with Crippen molar-refractivity contribution in [1.82, 2.24) is 15.5 Å². The molecule has 5 nitrogen and oxygen atoms in total. The smallest absolute Gasteiger partial charge is 0.314 e. The van der Waals surface area contributed by atoms with Gasteiger partial charge < -0.3 is 20.6 Å². The molecule has 1 rings (SSSR count). The number of nitrogens with zero attached hydrogens (tertiary/aromatic N) is 1. The number of rotatable bonds is 7. The minimum atomic E-state index is -0.309. The van der Waals surface area contributed by atoms with E-state index in [9.17, 15) is 9.90 Å². The van der Waals surface area contributed by atoms with Crippen LogP contribution in [0, 0.1) is 11.8 Å². The molecule has 20 heavy (non-hydrogen) atoms. The molecule has 0 aromatic heterocycles. The minimum Gasteiger partial charge on any atom is -0.393 e. The van der Waals surface area contributed by atoms with Crippen LogP contribution in [-0.4, -0.2) is 54.9 Å². The molecule has 5 heteroatoms. The summed E-state index contributed by atoms with van der Waals surface area (Å²) in [5, 5.41) is 15.0. The number of carbonyl (C=O) groups excluding carboxylic acids is 1. The number of nitrogens with one attached hydrogen (secondary N) is 2. The van der Waals surface area contributed by atoms with Crippen molar-refractivity contribution in [2.45, 2.75) is 46.1 Å². The molecule has 0 aliphatic carbocycles. The number of likely N-dealkylation sites (tertiary alicyclic amines) is 1. The van der Waals surface area contributed by atoms with Crippen molar-refractivity contribution in [3.8, 4) is 0 Å². The quantitative estimate of drug-likeness (QED) is 0.663. The zero-order valence-corrected chi connectivity index (χ0v) is 13.2. The standard InChI is InChI=1S/C15H31N3O2/c1-12-5-4-7-18(11-12)8-6-16-15(20)17-10-13(2)9-14(3)19/h12-14,19H,4-11H2,1-3H3,(H2,16,17,20). The summed E-state index contributed by atoms with van der Waals surface area (Å²) in [6.07, 6.45) is 3.00. The van der Waals surface area contributed by atoms with E-state index in [1.54, 1.807) is 6.92 Å². The Labute approximate surface area is 123 Å². The Morgan fingerprint density at radius 2 is 2.15 bits per heavy atom. The number of piperidine rings is 1. The Balaban J connectivity index is 2.05. The van der Waals surface area contributed by atoms with Crippen LogP contribution in [0.25, 0.3) is 0 Å². The van der Waals surface area contributed by atoms with Gasteiger partial charge in [0.15, 0.2) is 0 Å². The van der Waals surface area contributed by atoms with Crippen LogP contribution < -0.4 is 10.6 Å². The first-order valence-corrected chi connectivity index (χ1v) is 7.89. The number of amides is 2. The molecule has 1 saturated heterocycles. The van der Waals surface area contributed by atoms with Crippen molar-refractivity contribution in [2.75, 3.05) is 32.7 Å². The molecule has 1 fully saturated rings. The predicted octanol–water partition coefficient (Wildman–Crippen LogP) is 1.42. The van der Waals surface area contributed by atoms with Crippen LogP contribution in [0.4, 0.5) is 4.79 Å². The first-order chi connectivity index (χ1) is 9.47. The molecule has 1 aliphatic rings. The highest BCUT2D eigenvalue weighted by molar-refractivity contribution is 5.73. The van der Waals surface area contributed by atoms with Crippen molar-refractivity contribution in [3.63, 3.8) is 0 Å². The molecule has 1 heterocycles. The zero-order chi connectivity index (χ0) is 15.0. The maximum absolute atomic E-state index is 11.6. The van der Waals surface area contributed by atoms with E-state index in [0.29, 0.717) is 25.4 Å². The fourth-order valence-corrected chi connectivity index (χ4v) is 2.81. The third-order valence-electron chi connectivity index (χ3n) is 3.81. The van der Waals surface area contributed by atoms with Gasteiger partial charge in [0.25, 0.3) is 0 Å². The summed E-state index contributed by atoms with van der Waals surface area (Å²) in [6, 6.07) is -0.104. The highest BCUT2D eigenvalue weighted by atomic mass is 16.3. The molecule has 2 amide bonds. The molecule has 3 N–H and O–H groups in total. The average molecular weight is 285 g/mol. The Bertz CT molecular complexity index is 284.